The average Bonchev–Trinajstić information content (AvgIpc) is 2.35. The molecule has 0 saturated carbocycles. The van der Waals surface area contributed by atoms with Gasteiger partial charge in [0.2, 0.25) is 0 Å². The number of hydrogen-bond acceptors (Lipinski definition) is 5. The third-order valence-corrected chi connectivity index (χ3v) is 3.14. The molecule has 0 aliphatic carbocycles. The summed E-state index contributed by atoms with van der Waals surface area (Å²) in [6.07, 6.45) is 1.69. The molecule has 0 unspecified atom stereocenters. The molecular weight excluding hydrogens is 216 g/mol. The van der Waals surface area contributed by atoms with Crippen molar-refractivity contribution in [2.45, 2.75) is 39.2 Å². The van der Waals surface area contributed by atoms with Crippen molar-refractivity contribution < 1.29 is 5.11 Å². The first-order chi connectivity index (χ1) is 8.09. The molecule has 0 bridgehead atoms. The lowest BCUT2D eigenvalue weighted by molar-refractivity contribution is 0.202. The van der Waals surface area contributed by atoms with E-state index >= 15 is 0 Å². The first-order valence-corrected chi connectivity index (χ1v) is 6.01. The average molecular weight is 238 g/mol. The standard InChI is InChI=1S/C12H22N4O/c1-5-12(6-2,8-17)16-11-7-10(13-4)14-9(3)15-11/h7,17H,5-6,8H2,1-4H3,(H2,13,14,15,16). The minimum Gasteiger partial charge on any atom is -0.394 e. The van der Waals surface area contributed by atoms with Crippen LogP contribution in [0.3, 0.4) is 0 Å². The molecule has 0 aliphatic rings. The van der Waals surface area contributed by atoms with E-state index in [-0.39, 0.29) is 12.1 Å². The van der Waals surface area contributed by atoms with Gasteiger partial charge in [0.25, 0.3) is 0 Å². The molecule has 1 aromatic rings. The number of anilines is 2. The molecule has 0 saturated heterocycles. The van der Waals surface area contributed by atoms with Crippen LogP contribution in [0.1, 0.15) is 32.5 Å². The van der Waals surface area contributed by atoms with Gasteiger partial charge >= 0.3 is 0 Å². The zero-order chi connectivity index (χ0) is 12.9. The van der Waals surface area contributed by atoms with E-state index in [1.54, 1.807) is 0 Å². The van der Waals surface area contributed by atoms with Gasteiger partial charge in [0.1, 0.15) is 17.5 Å². The fourth-order valence-electron chi connectivity index (χ4n) is 1.72. The van der Waals surface area contributed by atoms with Gasteiger partial charge in [0.05, 0.1) is 12.1 Å². The highest BCUT2D eigenvalue weighted by Gasteiger charge is 2.25. The van der Waals surface area contributed by atoms with Gasteiger partial charge in [0, 0.05) is 13.1 Å². The Bertz CT molecular complexity index is 355. The van der Waals surface area contributed by atoms with E-state index in [2.05, 4.69) is 34.4 Å². The molecule has 1 rings (SSSR count). The molecule has 96 valence electrons. The molecule has 17 heavy (non-hydrogen) atoms. The topological polar surface area (TPSA) is 70.1 Å². The van der Waals surface area contributed by atoms with E-state index in [1.807, 2.05) is 20.0 Å². The maximum atomic E-state index is 9.51. The molecule has 5 heteroatoms. The SMILES string of the molecule is CCC(CC)(CO)Nc1cc(NC)nc(C)n1. The summed E-state index contributed by atoms with van der Waals surface area (Å²) < 4.78 is 0. The largest absolute Gasteiger partial charge is 0.394 e. The quantitative estimate of drug-likeness (QED) is 0.705. The highest BCUT2D eigenvalue weighted by atomic mass is 16.3. The number of hydrogen-bond donors (Lipinski definition) is 3. The van der Waals surface area contributed by atoms with Crippen molar-refractivity contribution in [3.63, 3.8) is 0 Å². The predicted molar refractivity (Wildman–Crippen MR) is 70.3 cm³/mol. The Morgan fingerprint density at radius 3 is 2.29 bits per heavy atom. The first-order valence-electron chi connectivity index (χ1n) is 6.01. The van der Waals surface area contributed by atoms with Crippen LogP contribution in [0.2, 0.25) is 0 Å². The molecule has 0 radical (unpaired) electrons. The van der Waals surface area contributed by atoms with Crippen LogP contribution in [-0.4, -0.2) is 34.3 Å². The second-order valence-electron chi connectivity index (χ2n) is 4.21. The zero-order valence-electron chi connectivity index (χ0n) is 11.0. The molecule has 5 nitrogen and oxygen atoms in total. The van der Waals surface area contributed by atoms with E-state index in [4.69, 9.17) is 0 Å². The van der Waals surface area contributed by atoms with E-state index in [0.717, 1.165) is 24.5 Å². The van der Waals surface area contributed by atoms with Crippen molar-refractivity contribution in [2.75, 3.05) is 24.3 Å². The zero-order valence-corrected chi connectivity index (χ0v) is 11.0. The van der Waals surface area contributed by atoms with Gasteiger partial charge in [0.15, 0.2) is 0 Å². The Morgan fingerprint density at radius 2 is 1.82 bits per heavy atom. The van der Waals surface area contributed by atoms with Crippen molar-refractivity contribution >= 4 is 11.6 Å². The number of aliphatic hydroxyl groups excluding tert-OH is 1. The third kappa shape index (κ3) is 3.30. The second kappa shape index (κ2) is 5.82. The highest BCUT2D eigenvalue weighted by molar-refractivity contribution is 5.48. The lowest BCUT2D eigenvalue weighted by Gasteiger charge is -2.31. The smallest absolute Gasteiger partial charge is 0.132 e. The van der Waals surface area contributed by atoms with Crippen LogP contribution < -0.4 is 10.6 Å². The van der Waals surface area contributed by atoms with E-state index in [0.29, 0.717) is 5.82 Å². The highest BCUT2D eigenvalue weighted by Crippen LogP contribution is 2.21. The van der Waals surface area contributed by atoms with Crippen LogP contribution in [0, 0.1) is 6.92 Å². The molecule has 0 atom stereocenters. The Labute approximate surface area is 103 Å². The summed E-state index contributed by atoms with van der Waals surface area (Å²) in [5, 5.41) is 15.8. The van der Waals surface area contributed by atoms with Crippen LogP contribution >= 0.6 is 0 Å². The maximum absolute atomic E-state index is 9.51. The van der Waals surface area contributed by atoms with E-state index in [1.165, 1.54) is 0 Å². The number of aryl methyl sites for hydroxylation is 1. The monoisotopic (exact) mass is 238 g/mol. The summed E-state index contributed by atoms with van der Waals surface area (Å²) in [6.45, 7) is 6.06. The second-order valence-corrected chi connectivity index (χ2v) is 4.21. The van der Waals surface area contributed by atoms with Gasteiger partial charge in [-0.2, -0.15) is 0 Å². The Morgan fingerprint density at radius 1 is 1.24 bits per heavy atom. The minimum atomic E-state index is -0.300. The lowest BCUT2D eigenvalue weighted by Crippen LogP contribution is -2.41. The third-order valence-electron chi connectivity index (χ3n) is 3.14. The van der Waals surface area contributed by atoms with Crippen molar-refractivity contribution in [1.29, 1.82) is 0 Å². The summed E-state index contributed by atoms with van der Waals surface area (Å²) in [5.41, 5.74) is -0.300. The first kappa shape index (κ1) is 13.7. The van der Waals surface area contributed by atoms with Crippen molar-refractivity contribution in [3.8, 4) is 0 Å². The lowest BCUT2D eigenvalue weighted by atomic mass is 9.94. The van der Waals surface area contributed by atoms with Gasteiger partial charge in [-0.25, -0.2) is 9.97 Å². The van der Waals surface area contributed by atoms with Crippen molar-refractivity contribution in [1.82, 2.24) is 9.97 Å². The van der Waals surface area contributed by atoms with Crippen LogP contribution in [0.25, 0.3) is 0 Å². The Balaban J connectivity index is 2.96. The van der Waals surface area contributed by atoms with Gasteiger partial charge in [-0.3, -0.25) is 0 Å². The number of aromatic nitrogens is 2. The summed E-state index contributed by atoms with van der Waals surface area (Å²) in [6, 6.07) is 1.85. The minimum absolute atomic E-state index is 0.0952. The molecule has 0 amide bonds. The molecule has 1 heterocycles. The van der Waals surface area contributed by atoms with Crippen LogP contribution in [0.15, 0.2) is 6.07 Å². The number of nitrogens with zero attached hydrogens (tertiary/aromatic N) is 2. The molecule has 0 spiro atoms. The van der Waals surface area contributed by atoms with Crippen molar-refractivity contribution in [2.24, 2.45) is 0 Å². The maximum Gasteiger partial charge on any atom is 0.132 e. The van der Waals surface area contributed by atoms with Gasteiger partial charge in [-0.1, -0.05) is 13.8 Å². The number of rotatable bonds is 6. The molecule has 0 aromatic carbocycles. The fraction of sp³-hybridized carbons (Fsp3) is 0.667. The van der Waals surface area contributed by atoms with E-state index < -0.39 is 0 Å². The summed E-state index contributed by atoms with van der Waals surface area (Å²) in [5.74, 6) is 2.23. The molecule has 0 aliphatic heterocycles. The Kier molecular flexibility index (Phi) is 4.69. The molecule has 1 aromatic heterocycles. The predicted octanol–water partition coefficient (Wildman–Crippen LogP) is 1.79. The van der Waals surface area contributed by atoms with Crippen LogP contribution in [0.4, 0.5) is 11.6 Å². The summed E-state index contributed by atoms with van der Waals surface area (Å²) in [7, 11) is 1.82. The Hall–Kier alpha value is -1.36. The van der Waals surface area contributed by atoms with Crippen LogP contribution in [-0.2, 0) is 0 Å². The van der Waals surface area contributed by atoms with Gasteiger partial charge in [-0.05, 0) is 19.8 Å². The van der Waals surface area contributed by atoms with E-state index in [9.17, 15) is 5.11 Å². The van der Waals surface area contributed by atoms with Crippen LogP contribution in [0.5, 0.6) is 0 Å². The normalized spacial score (nSPS) is 11.4. The molecule has 3 N–H and O–H groups in total. The summed E-state index contributed by atoms with van der Waals surface area (Å²) >= 11 is 0. The van der Waals surface area contributed by atoms with Gasteiger partial charge in [-0.15, -0.1) is 0 Å². The summed E-state index contributed by atoms with van der Waals surface area (Å²) in [4.78, 5) is 8.57. The fourth-order valence-corrected chi connectivity index (χ4v) is 1.72. The molecule has 0 fully saturated rings. The number of aliphatic hydroxyl groups is 1. The molecular formula is C12H22N4O. The number of nitrogens with one attached hydrogen (secondary N) is 2. The van der Waals surface area contributed by atoms with Crippen molar-refractivity contribution in [3.05, 3.63) is 11.9 Å². The van der Waals surface area contributed by atoms with Gasteiger partial charge < -0.3 is 15.7 Å².